The maximum Gasteiger partial charge on any atom is 0.241 e. The topological polar surface area (TPSA) is 41.6 Å². The Labute approximate surface area is 124 Å². The molecule has 0 aromatic carbocycles. The molecule has 4 heteroatoms. The van der Waals surface area contributed by atoms with E-state index in [4.69, 9.17) is 4.74 Å². The number of hydrogen-bond donors (Lipinski definition) is 1. The van der Waals surface area contributed by atoms with E-state index in [0.29, 0.717) is 11.8 Å². The van der Waals surface area contributed by atoms with E-state index in [-0.39, 0.29) is 12.2 Å². The van der Waals surface area contributed by atoms with Crippen molar-refractivity contribution in [2.45, 2.75) is 71.5 Å². The van der Waals surface area contributed by atoms with Gasteiger partial charge in [-0.3, -0.25) is 10.1 Å². The lowest BCUT2D eigenvalue weighted by atomic mass is 10.0. The number of methoxy groups -OCH3 is 1. The van der Waals surface area contributed by atoms with Gasteiger partial charge in [-0.05, 0) is 38.0 Å². The third-order valence-corrected chi connectivity index (χ3v) is 3.87. The zero-order valence-electron chi connectivity index (χ0n) is 13.7. The molecule has 1 amide bonds. The normalized spacial score (nSPS) is 23.1. The number of carbonyl (C=O) groups excluding carboxylic acids is 1. The fraction of sp³-hybridized carbons (Fsp3) is 0.938. The van der Waals surface area contributed by atoms with Gasteiger partial charge in [-0.1, -0.05) is 27.2 Å². The zero-order valence-corrected chi connectivity index (χ0v) is 13.7. The monoisotopic (exact) mass is 284 g/mol. The fourth-order valence-electron chi connectivity index (χ4n) is 2.87. The highest BCUT2D eigenvalue weighted by Gasteiger charge is 2.37. The van der Waals surface area contributed by atoms with Gasteiger partial charge in [0.05, 0.1) is 12.2 Å². The van der Waals surface area contributed by atoms with Gasteiger partial charge in [-0.2, -0.15) is 0 Å². The lowest BCUT2D eigenvalue weighted by Crippen LogP contribution is -2.37. The van der Waals surface area contributed by atoms with Crippen LogP contribution in [0.2, 0.25) is 0 Å². The molecule has 118 valence electrons. The smallest absolute Gasteiger partial charge is 0.241 e. The second-order valence-corrected chi connectivity index (χ2v) is 6.24. The van der Waals surface area contributed by atoms with E-state index in [2.05, 4.69) is 31.0 Å². The third kappa shape index (κ3) is 5.41. The summed E-state index contributed by atoms with van der Waals surface area (Å²) in [6, 6.07) is 0.0329. The van der Waals surface area contributed by atoms with Crippen LogP contribution in [0.15, 0.2) is 0 Å². The molecule has 2 unspecified atom stereocenters. The molecule has 1 heterocycles. The molecular formula is C16H32N2O2. The maximum absolute atomic E-state index is 12.5. The highest BCUT2D eigenvalue weighted by atomic mass is 16.5. The van der Waals surface area contributed by atoms with Gasteiger partial charge < -0.3 is 9.64 Å². The van der Waals surface area contributed by atoms with Gasteiger partial charge in [-0.25, -0.2) is 0 Å². The van der Waals surface area contributed by atoms with Gasteiger partial charge in [0.15, 0.2) is 0 Å². The number of hydrogen-bond acceptors (Lipinski definition) is 3. The molecule has 0 radical (unpaired) electrons. The molecule has 0 aromatic rings. The molecule has 0 spiro atoms. The minimum Gasteiger partial charge on any atom is -0.385 e. The standard InChI is InChI=1S/C16H32N2O2/c1-5-9-15-17-14(12-13(2)3)16(19)18(15)10-7-6-8-11-20-4/h13-15,17H,5-12H2,1-4H3. The lowest BCUT2D eigenvalue weighted by molar-refractivity contribution is -0.130. The SMILES string of the molecule is CCCC1NC(CC(C)C)C(=O)N1CCCCCOC. The molecule has 0 bridgehead atoms. The minimum atomic E-state index is 0.0329. The molecule has 2 atom stereocenters. The van der Waals surface area contributed by atoms with E-state index in [1.54, 1.807) is 7.11 Å². The second kappa shape index (κ2) is 9.35. The fourth-order valence-corrected chi connectivity index (χ4v) is 2.87. The van der Waals surface area contributed by atoms with Gasteiger partial charge in [0.25, 0.3) is 0 Å². The Balaban J connectivity index is 2.45. The van der Waals surface area contributed by atoms with Crippen molar-refractivity contribution in [3.8, 4) is 0 Å². The van der Waals surface area contributed by atoms with Crippen molar-refractivity contribution in [1.82, 2.24) is 10.2 Å². The number of rotatable bonds is 10. The van der Waals surface area contributed by atoms with Crippen LogP contribution in [0.4, 0.5) is 0 Å². The highest BCUT2D eigenvalue weighted by Crippen LogP contribution is 2.20. The van der Waals surface area contributed by atoms with E-state index in [1.165, 1.54) is 0 Å². The summed E-state index contributed by atoms with van der Waals surface area (Å²) in [6.07, 6.45) is 6.65. The van der Waals surface area contributed by atoms with Crippen LogP contribution in [-0.4, -0.2) is 43.3 Å². The van der Waals surface area contributed by atoms with Crippen LogP contribution in [0.3, 0.4) is 0 Å². The first-order valence-electron chi connectivity index (χ1n) is 8.15. The summed E-state index contributed by atoms with van der Waals surface area (Å²) in [5.41, 5.74) is 0. The number of ether oxygens (including phenoxy) is 1. The molecule has 0 aromatic heterocycles. The Morgan fingerprint density at radius 2 is 2.05 bits per heavy atom. The largest absolute Gasteiger partial charge is 0.385 e. The van der Waals surface area contributed by atoms with Crippen LogP contribution in [0.5, 0.6) is 0 Å². The van der Waals surface area contributed by atoms with Crippen molar-refractivity contribution < 1.29 is 9.53 Å². The van der Waals surface area contributed by atoms with E-state index < -0.39 is 0 Å². The minimum absolute atomic E-state index is 0.0329. The quantitative estimate of drug-likeness (QED) is 0.627. The van der Waals surface area contributed by atoms with Crippen LogP contribution in [-0.2, 0) is 9.53 Å². The summed E-state index contributed by atoms with van der Waals surface area (Å²) >= 11 is 0. The Bertz CT molecular complexity index is 282. The Morgan fingerprint density at radius 1 is 1.30 bits per heavy atom. The summed E-state index contributed by atoms with van der Waals surface area (Å²) in [5.74, 6) is 0.865. The molecule has 20 heavy (non-hydrogen) atoms. The highest BCUT2D eigenvalue weighted by molar-refractivity contribution is 5.84. The first kappa shape index (κ1) is 17.4. The number of nitrogens with one attached hydrogen (secondary N) is 1. The molecule has 0 aliphatic carbocycles. The number of nitrogens with zero attached hydrogens (tertiary/aromatic N) is 1. The van der Waals surface area contributed by atoms with Crippen LogP contribution in [0.1, 0.15) is 59.3 Å². The predicted molar refractivity (Wildman–Crippen MR) is 82.5 cm³/mol. The van der Waals surface area contributed by atoms with Crippen molar-refractivity contribution in [3.05, 3.63) is 0 Å². The summed E-state index contributed by atoms with van der Waals surface area (Å²) in [7, 11) is 1.74. The van der Waals surface area contributed by atoms with E-state index in [0.717, 1.165) is 51.7 Å². The molecule has 1 aliphatic heterocycles. The molecule has 1 N–H and O–H groups in total. The third-order valence-electron chi connectivity index (χ3n) is 3.87. The lowest BCUT2D eigenvalue weighted by Gasteiger charge is -2.23. The van der Waals surface area contributed by atoms with Crippen LogP contribution in [0.25, 0.3) is 0 Å². The number of carbonyl (C=O) groups is 1. The molecule has 4 nitrogen and oxygen atoms in total. The van der Waals surface area contributed by atoms with Gasteiger partial charge in [0.1, 0.15) is 0 Å². The first-order chi connectivity index (χ1) is 9.60. The predicted octanol–water partition coefficient (Wildman–Crippen LogP) is 2.78. The van der Waals surface area contributed by atoms with E-state index in [9.17, 15) is 4.79 Å². The van der Waals surface area contributed by atoms with E-state index >= 15 is 0 Å². The average Bonchev–Trinajstić information content (AvgIpc) is 2.67. The van der Waals surface area contributed by atoms with Gasteiger partial charge >= 0.3 is 0 Å². The maximum atomic E-state index is 12.5. The van der Waals surface area contributed by atoms with Gasteiger partial charge in [-0.15, -0.1) is 0 Å². The van der Waals surface area contributed by atoms with Gasteiger partial charge in [0.2, 0.25) is 5.91 Å². The Kier molecular flexibility index (Phi) is 8.15. The molecular weight excluding hydrogens is 252 g/mol. The molecule has 1 saturated heterocycles. The summed E-state index contributed by atoms with van der Waals surface area (Å²) in [6.45, 7) is 8.24. The van der Waals surface area contributed by atoms with Crippen LogP contribution < -0.4 is 5.32 Å². The molecule has 1 rings (SSSR count). The van der Waals surface area contributed by atoms with Gasteiger partial charge in [0, 0.05) is 20.3 Å². The number of unbranched alkanes of at least 4 members (excludes halogenated alkanes) is 2. The Morgan fingerprint density at radius 3 is 2.65 bits per heavy atom. The van der Waals surface area contributed by atoms with Crippen molar-refractivity contribution in [3.63, 3.8) is 0 Å². The molecule has 1 fully saturated rings. The molecule has 1 aliphatic rings. The number of amides is 1. The summed E-state index contributed by atoms with van der Waals surface area (Å²) in [4.78, 5) is 14.6. The first-order valence-corrected chi connectivity index (χ1v) is 8.15. The van der Waals surface area contributed by atoms with Crippen molar-refractivity contribution >= 4 is 5.91 Å². The second-order valence-electron chi connectivity index (χ2n) is 6.24. The summed E-state index contributed by atoms with van der Waals surface area (Å²) in [5, 5.41) is 3.53. The van der Waals surface area contributed by atoms with Crippen molar-refractivity contribution in [1.29, 1.82) is 0 Å². The molecule has 0 saturated carbocycles. The van der Waals surface area contributed by atoms with Crippen molar-refractivity contribution in [2.24, 2.45) is 5.92 Å². The van der Waals surface area contributed by atoms with E-state index in [1.807, 2.05) is 0 Å². The average molecular weight is 284 g/mol. The van der Waals surface area contributed by atoms with Crippen LogP contribution in [0, 0.1) is 5.92 Å². The Hall–Kier alpha value is -0.610. The zero-order chi connectivity index (χ0) is 15.0. The van der Waals surface area contributed by atoms with Crippen molar-refractivity contribution in [2.75, 3.05) is 20.3 Å². The van der Waals surface area contributed by atoms with Crippen LogP contribution >= 0.6 is 0 Å². The summed E-state index contributed by atoms with van der Waals surface area (Å²) < 4.78 is 5.06.